The molecule has 1 fully saturated rings. The number of H-pyrrole nitrogens is 1. The fourth-order valence-electron chi connectivity index (χ4n) is 3.12. The van der Waals surface area contributed by atoms with Gasteiger partial charge >= 0.3 is 6.61 Å². The van der Waals surface area contributed by atoms with Gasteiger partial charge in [-0.1, -0.05) is 6.92 Å². The second kappa shape index (κ2) is 7.86. The summed E-state index contributed by atoms with van der Waals surface area (Å²) >= 11 is 0. The molecule has 0 aliphatic carbocycles. The molecular formula is C17H21F3N4O. The molecular weight excluding hydrogens is 333 g/mol. The number of hydrogen-bond donors (Lipinski definition) is 1. The molecule has 1 aliphatic heterocycles. The molecule has 1 aromatic heterocycles. The third kappa shape index (κ3) is 4.50. The number of ether oxygens (including phenoxy) is 1. The monoisotopic (exact) mass is 354 g/mol. The fourth-order valence-corrected chi connectivity index (χ4v) is 3.12. The molecule has 1 aliphatic rings. The van der Waals surface area contributed by atoms with E-state index in [2.05, 4.69) is 24.8 Å². The molecule has 2 aromatic rings. The molecule has 136 valence electrons. The molecule has 0 radical (unpaired) electrons. The van der Waals surface area contributed by atoms with Gasteiger partial charge in [0.15, 0.2) is 5.82 Å². The van der Waals surface area contributed by atoms with Crippen LogP contribution in [-0.2, 0) is 13.0 Å². The minimum atomic E-state index is -2.92. The SMILES string of the molecule is CCc1nc(C2CCN(Cc3cc(F)ccc3OC(F)F)CC2)n[nH]1. The van der Waals surface area contributed by atoms with Crippen molar-refractivity contribution in [3.05, 3.63) is 41.2 Å². The van der Waals surface area contributed by atoms with Gasteiger partial charge in [0.1, 0.15) is 17.4 Å². The first-order valence-electron chi connectivity index (χ1n) is 8.42. The van der Waals surface area contributed by atoms with Crippen LogP contribution in [0, 0.1) is 5.82 Å². The van der Waals surface area contributed by atoms with E-state index < -0.39 is 12.4 Å². The third-order valence-electron chi connectivity index (χ3n) is 4.47. The van der Waals surface area contributed by atoms with Crippen LogP contribution in [0.2, 0.25) is 0 Å². The number of halogens is 3. The average molecular weight is 354 g/mol. The Morgan fingerprint density at radius 3 is 2.72 bits per heavy atom. The predicted molar refractivity (Wildman–Crippen MR) is 86.0 cm³/mol. The number of aromatic amines is 1. The highest BCUT2D eigenvalue weighted by molar-refractivity contribution is 5.34. The fraction of sp³-hybridized carbons (Fsp3) is 0.529. The van der Waals surface area contributed by atoms with E-state index in [9.17, 15) is 13.2 Å². The molecule has 3 rings (SSSR count). The van der Waals surface area contributed by atoms with E-state index in [0.717, 1.165) is 50.1 Å². The molecule has 0 atom stereocenters. The third-order valence-corrected chi connectivity index (χ3v) is 4.47. The lowest BCUT2D eigenvalue weighted by molar-refractivity contribution is -0.0508. The van der Waals surface area contributed by atoms with Crippen molar-refractivity contribution in [1.29, 1.82) is 0 Å². The molecule has 2 heterocycles. The normalized spacial score (nSPS) is 16.5. The number of hydrogen-bond acceptors (Lipinski definition) is 4. The Hall–Kier alpha value is -2.09. The van der Waals surface area contributed by atoms with Crippen LogP contribution in [0.1, 0.15) is 42.9 Å². The summed E-state index contributed by atoms with van der Waals surface area (Å²) in [4.78, 5) is 6.59. The lowest BCUT2D eigenvalue weighted by atomic mass is 9.96. The van der Waals surface area contributed by atoms with E-state index in [-0.39, 0.29) is 11.7 Å². The van der Waals surface area contributed by atoms with Crippen LogP contribution in [0.3, 0.4) is 0 Å². The minimum absolute atomic E-state index is 0.0279. The number of aryl methyl sites for hydroxylation is 1. The maximum atomic E-state index is 13.5. The number of nitrogens with one attached hydrogen (secondary N) is 1. The van der Waals surface area contributed by atoms with Crippen LogP contribution < -0.4 is 4.74 Å². The number of piperidine rings is 1. The molecule has 5 nitrogen and oxygen atoms in total. The van der Waals surface area contributed by atoms with Crippen molar-refractivity contribution in [3.8, 4) is 5.75 Å². The molecule has 0 bridgehead atoms. The van der Waals surface area contributed by atoms with Gasteiger partial charge in [-0.3, -0.25) is 10.00 Å². The van der Waals surface area contributed by atoms with Gasteiger partial charge in [0.2, 0.25) is 0 Å². The highest BCUT2D eigenvalue weighted by Crippen LogP contribution is 2.29. The Balaban J connectivity index is 1.61. The standard InChI is InChI=1S/C17H21F3N4O/c1-2-15-21-16(23-22-15)11-5-7-24(8-6-11)10-12-9-13(18)3-4-14(12)25-17(19)20/h3-4,9,11,17H,2,5-8,10H2,1H3,(H,21,22,23). The smallest absolute Gasteiger partial charge is 0.387 e. The van der Waals surface area contributed by atoms with E-state index in [0.29, 0.717) is 12.1 Å². The number of alkyl halides is 2. The summed E-state index contributed by atoms with van der Waals surface area (Å²) in [7, 11) is 0. The number of aromatic nitrogens is 3. The lowest BCUT2D eigenvalue weighted by Crippen LogP contribution is -2.33. The van der Waals surface area contributed by atoms with Crippen molar-refractivity contribution in [1.82, 2.24) is 20.1 Å². The molecule has 25 heavy (non-hydrogen) atoms. The largest absolute Gasteiger partial charge is 0.434 e. The van der Waals surface area contributed by atoms with Crippen molar-refractivity contribution >= 4 is 0 Å². The highest BCUT2D eigenvalue weighted by atomic mass is 19.3. The quantitative estimate of drug-likeness (QED) is 0.863. The van der Waals surface area contributed by atoms with Crippen molar-refractivity contribution in [2.24, 2.45) is 0 Å². The van der Waals surface area contributed by atoms with E-state index in [1.54, 1.807) is 0 Å². The molecule has 0 saturated carbocycles. The van der Waals surface area contributed by atoms with Gasteiger partial charge in [0.05, 0.1) is 0 Å². The van der Waals surface area contributed by atoms with E-state index in [4.69, 9.17) is 0 Å². The van der Waals surface area contributed by atoms with Crippen LogP contribution in [0.15, 0.2) is 18.2 Å². The first kappa shape index (κ1) is 17.7. The zero-order valence-electron chi connectivity index (χ0n) is 14.0. The van der Waals surface area contributed by atoms with E-state index in [1.165, 1.54) is 12.1 Å². The Bertz CT molecular complexity index is 699. The Morgan fingerprint density at radius 2 is 2.08 bits per heavy atom. The van der Waals surface area contributed by atoms with Gasteiger partial charge in [-0.05, 0) is 44.1 Å². The van der Waals surface area contributed by atoms with Gasteiger partial charge in [-0.25, -0.2) is 9.37 Å². The number of rotatable bonds is 6. The summed E-state index contributed by atoms with van der Waals surface area (Å²) in [5, 5.41) is 7.20. The minimum Gasteiger partial charge on any atom is -0.434 e. The van der Waals surface area contributed by atoms with Crippen molar-refractivity contribution < 1.29 is 17.9 Å². The van der Waals surface area contributed by atoms with Crippen LogP contribution in [0.5, 0.6) is 5.75 Å². The van der Waals surface area contributed by atoms with Crippen molar-refractivity contribution in [2.45, 2.75) is 45.3 Å². The summed E-state index contributed by atoms with van der Waals surface area (Å²) < 4.78 is 43.0. The number of likely N-dealkylation sites (tertiary alicyclic amines) is 1. The predicted octanol–water partition coefficient (Wildman–Crippen LogP) is 3.49. The van der Waals surface area contributed by atoms with Gasteiger partial charge in [-0.2, -0.15) is 13.9 Å². The van der Waals surface area contributed by atoms with E-state index >= 15 is 0 Å². The van der Waals surface area contributed by atoms with Gasteiger partial charge in [-0.15, -0.1) is 0 Å². The van der Waals surface area contributed by atoms with Crippen LogP contribution >= 0.6 is 0 Å². The van der Waals surface area contributed by atoms with Crippen LogP contribution in [0.25, 0.3) is 0 Å². The van der Waals surface area contributed by atoms with Crippen LogP contribution in [-0.4, -0.2) is 39.8 Å². The zero-order valence-corrected chi connectivity index (χ0v) is 14.0. The van der Waals surface area contributed by atoms with Crippen molar-refractivity contribution in [3.63, 3.8) is 0 Å². The topological polar surface area (TPSA) is 54.0 Å². The maximum Gasteiger partial charge on any atom is 0.387 e. The van der Waals surface area contributed by atoms with Gasteiger partial charge in [0.25, 0.3) is 0 Å². The molecule has 0 unspecified atom stereocenters. The summed E-state index contributed by atoms with van der Waals surface area (Å²) in [5.41, 5.74) is 0.435. The summed E-state index contributed by atoms with van der Waals surface area (Å²) in [6.07, 6.45) is 2.57. The number of benzene rings is 1. The summed E-state index contributed by atoms with van der Waals surface area (Å²) in [5.74, 6) is 1.58. The maximum absolute atomic E-state index is 13.5. The van der Waals surface area contributed by atoms with E-state index in [1.807, 2.05) is 6.92 Å². The van der Waals surface area contributed by atoms with Gasteiger partial charge in [0, 0.05) is 24.4 Å². The first-order chi connectivity index (χ1) is 12.0. The summed E-state index contributed by atoms with van der Waals surface area (Å²) in [6.45, 7) is 1.01. The second-order valence-corrected chi connectivity index (χ2v) is 6.17. The van der Waals surface area contributed by atoms with Crippen molar-refractivity contribution in [2.75, 3.05) is 13.1 Å². The molecule has 1 aromatic carbocycles. The molecule has 8 heteroatoms. The highest BCUT2D eigenvalue weighted by Gasteiger charge is 2.24. The molecule has 0 spiro atoms. The average Bonchev–Trinajstić information content (AvgIpc) is 3.07. The molecule has 0 amide bonds. The molecule has 1 saturated heterocycles. The molecule has 1 N–H and O–H groups in total. The Labute approximate surface area is 144 Å². The Morgan fingerprint density at radius 1 is 1.32 bits per heavy atom. The Kier molecular flexibility index (Phi) is 5.57. The first-order valence-corrected chi connectivity index (χ1v) is 8.42. The summed E-state index contributed by atoms with van der Waals surface area (Å²) in [6, 6.07) is 3.64. The zero-order chi connectivity index (χ0) is 17.8. The van der Waals surface area contributed by atoms with Gasteiger partial charge < -0.3 is 4.74 Å². The van der Waals surface area contributed by atoms with Crippen LogP contribution in [0.4, 0.5) is 13.2 Å². The second-order valence-electron chi connectivity index (χ2n) is 6.17. The lowest BCUT2D eigenvalue weighted by Gasteiger charge is -2.31. The number of nitrogens with zero attached hydrogens (tertiary/aromatic N) is 3.